The second kappa shape index (κ2) is 3.11. The Kier molecular flexibility index (Phi) is 2.08. The molecule has 70 valence electrons. The summed E-state index contributed by atoms with van der Waals surface area (Å²) in [5, 5.41) is 0. The van der Waals surface area contributed by atoms with Gasteiger partial charge in [0.1, 0.15) is 5.82 Å². The number of halogens is 1. The van der Waals surface area contributed by atoms with Crippen molar-refractivity contribution in [2.24, 2.45) is 5.73 Å². The smallest absolute Gasteiger partial charge is 0.123 e. The van der Waals surface area contributed by atoms with Crippen molar-refractivity contribution in [1.29, 1.82) is 0 Å². The molecule has 0 bridgehead atoms. The first kappa shape index (κ1) is 8.70. The minimum Gasteiger partial charge on any atom is -0.325 e. The normalized spacial score (nSPS) is 18.6. The van der Waals surface area contributed by atoms with Crippen LogP contribution < -0.4 is 5.73 Å². The van der Waals surface area contributed by atoms with Crippen LogP contribution in [-0.4, -0.2) is 5.54 Å². The molecule has 0 saturated heterocycles. The van der Waals surface area contributed by atoms with Crippen molar-refractivity contribution in [3.63, 3.8) is 0 Å². The average Bonchev–Trinajstić information content (AvgIpc) is 2.84. The molecule has 1 aliphatic carbocycles. The Morgan fingerprint density at radius 2 is 1.85 bits per heavy atom. The molecule has 0 spiro atoms. The molecule has 1 aromatic rings. The van der Waals surface area contributed by atoms with Crippen LogP contribution in [0.3, 0.4) is 0 Å². The molecule has 1 aromatic carbocycles. The topological polar surface area (TPSA) is 26.0 Å². The fourth-order valence-electron chi connectivity index (χ4n) is 1.45. The van der Waals surface area contributed by atoms with E-state index in [0.29, 0.717) is 0 Å². The SMILES string of the molecule is NC1(CCc2ccc(F)cc2)CC1. The van der Waals surface area contributed by atoms with Crippen LogP contribution in [0.25, 0.3) is 0 Å². The van der Waals surface area contributed by atoms with Crippen LogP contribution in [0.15, 0.2) is 24.3 Å². The molecule has 0 radical (unpaired) electrons. The van der Waals surface area contributed by atoms with Crippen LogP contribution in [0.4, 0.5) is 4.39 Å². The first-order chi connectivity index (χ1) is 6.18. The zero-order valence-electron chi connectivity index (χ0n) is 7.59. The summed E-state index contributed by atoms with van der Waals surface area (Å²) >= 11 is 0. The van der Waals surface area contributed by atoms with Crippen LogP contribution in [0, 0.1) is 5.82 Å². The van der Waals surface area contributed by atoms with Crippen LogP contribution in [0.2, 0.25) is 0 Å². The molecule has 0 atom stereocenters. The Morgan fingerprint density at radius 1 is 1.23 bits per heavy atom. The molecule has 1 saturated carbocycles. The number of rotatable bonds is 3. The van der Waals surface area contributed by atoms with E-state index in [-0.39, 0.29) is 11.4 Å². The second-order valence-corrected chi connectivity index (χ2v) is 3.99. The summed E-state index contributed by atoms with van der Waals surface area (Å²) in [7, 11) is 0. The first-order valence-corrected chi connectivity index (χ1v) is 4.71. The Hall–Kier alpha value is -0.890. The van der Waals surface area contributed by atoms with E-state index in [1.165, 1.54) is 17.7 Å². The maximum atomic E-state index is 12.5. The maximum absolute atomic E-state index is 12.5. The van der Waals surface area contributed by atoms with Crippen molar-refractivity contribution in [1.82, 2.24) is 0 Å². The zero-order valence-corrected chi connectivity index (χ0v) is 7.59. The molecule has 0 amide bonds. The van der Waals surface area contributed by atoms with Gasteiger partial charge < -0.3 is 5.73 Å². The van der Waals surface area contributed by atoms with Gasteiger partial charge in [0.05, 0.1) is 0 Å². The van der Waals surface area contributed by atoms with Crippen molar-refractivity contribution in [2.45, 2.75) is 31.2 Å². The summed E-state index contributed by atoms with van der Waals surface area (Å²) in [5.74, 6) is -0.169. The van der Waals surface area contributed by atoms with Crippen molar-refractivity contribution in [3.05, 3.63) is 35.6 Å². The lowest BCUT2D eigenvalue weighted by Crippen LogP contribution is -2.22. The third-order valence-electron chi connectivity index (χ3n) is 2.72. The molecule has 13 heavy (non-hydrogen) atoms. The molecule has 0 heterocycles. The highest BCUT2D eigenvalue weighted by atomic mass is 19.1. The minimum absolute atomic E-state index is 0.106. The molecule has 2 rings (SSSR count). The van der Waals surface area contributed by atoms with E-state index in [2.05, 4.69) is 0 Å². The number of nitrogens with two attached hydrogens (primary N) is 1. The van der Waals surface area contributed by atoms with Crippen LogP contribution in [-0.2, 0) is 6.42 Å². The average molecular weight is 179 g/mol. The summed E-state index contributed by atoms with van der Waals surface area (Å²) in [6, 6.07) is 6.68. The van der Waals surface area contributed by atoms with Gasteiger partial charge in [0.25, 0.3) is 0 Å². The Bertz CT molecular complexity index is 287. The van der Waals surface area contributed by atoms with Gasteiger partial charge in [0.2, 0.25) is 0 Å². The molecule has 1 fully saturated rings. The predicted molar refractivity (Wildman–Crippen MR) is 50.9 cm³/mol. The zero-order chi connectivity index (χ0) is 9.31. The van der Waals surface area contributed by atoms with E-state index in [1.54, 1.807) is 0 Å². The van der Waals surface area contributed by atoms with Gasteiger partial charge in [-0.3, -0.25) is 0 Å². The van der Waals surface area contributed by atoms with Gasteiger partial charge >= 0.3 is 0 Å². The van der Waals surface area contributed by atoms with Gasteiger partial charge in [-0.2, -0.15) is 0 Å². The van der Waals surface area contributed by atoms with Gasteiger partial charge in [-0.25, -0.2) is 4.39 Å². The van der Waals surface area contributed by atoms with Gasteiger partial charge in [0.15, 0.2) is 0 Å². The van der Waals surface area contributed by atoms with Crippen LogP contribution >= 0.6 is 0 Å². The van der Waals surface area contributed by atoms with E-state index in [9.17, 15) is 4.39 Å². The third-order valence-corrected chi connectivity index (χ3v) is 2.72. The Morgan fingerprint density at radius 3 is 2.38 bits per heavy atom. The molecule has 0 aliphatic heterocycles. The van der Waals surface area contributed by atoms with Crippen molar-refractivity contribution < 1.29 is 4.39 Å². The molecule has 0 unspecified atom stereocenters. The lowest BCUT2D eigenvalue weighted by Gasteiger charge is -2.07. The Balaban J connectivity index is 1.91. The molecular weight excluding hydrogens is 165 g/mol. The lowest BCUT2D eigenvalue weighted by atomic mass is 10.0. The van der Waals surface area contributed by atoms with Crippen LogP contribution in [0.5, 0.6) is 0 Å². The number of hydrogen-bond acceptors (Lipinski definition) is 1. The quantitative estimate of drug-likeness (QED) is 0.756. The summed E-state index contributed by atoms with van der Waals surface area (Å²) in [4.78, 5) is 0. The van der Waals surface area contributed by atoms with E-state index in [4.69, 9.17) is 5.73 Å². The van der Waals surface area contributed by atoms with Crippen LogP contribution in [0.1, 0.15) is 24.8 Å². The molecule has 2 N–H and O–H groups in total. The molecular formula is C11H14FN. The number of aryl methyl sites for hydroxylation is 1. The largest absolute Gasteiger partial charge is 0.325 e. The van der Waals surface area contributed by atoms with Gasteiger partial charge in [-0.1, -0.05) is 12.1 Å². The van der Waals surface area contributed by atoms with E-state index in [1.807, 2.05) is 12.1 Å². The van der Waals surface area contributed by atoms with E-state index in [0.717, 1.165) is 25.7 Å². The predicted octanol–water partition coefficient (Wildman–Crippen LogP) is 2.25. The van der Waals surface area contributed by atoms with Crippen molar-refractivity contribution in [2.75, 3.05) is 0 Å². The highest BCUT2D eigenvalue weighted by Crippen LogP contribution is 2.36. The van der Waals surface area contributed by atoms with Gasteiger partial charge in [-0.15, -0.1) is 0 Å². The number of benzene rings is 1. The minimum atomic E-state index is -0.169. The monoisotopic (exact) mass is 179 g/mol. The van der Waals surface area contributed by atoms with Crippen molar-refractivity contribution in [3.8, 4) is 0 Å². The maximum Gasteiger partial charge on any atom is 0.123 e. The van der Waals surface area contributed by atoms with Gasteiger partial charge in [0, 0.05) is 5.54 Å². The highest BCUT2D eigenvalue weighted by molar-refractivity contribution is 5.17. The summed E-state index contributed by atoms with van der Waals surface area (Å²) in [6.45, 7) is 0. The fraction of sp³-hybridized carbons (Fsp3) is 0.455. The molecule has 0 aromatic heterocycles. The standard InChI is InChI=1S/C11H14FN/c12-10-3-1-9(2-4-10)5-6-11(13)7-8-11/h1-4H,5-8,13H2. The number of hydrogen-bond donors (Lipinski definition) is 1. The first-order valence-electron chi connectivity index (χ1n) is 4.71. The van der Waals surface area contributed by atoms with Gasteiger partial charge in [-0.05, 0) is 43.4 Å². The van der Waals surface area contributed by atoms with E-state index >= 15 is 0 Å². The molecule has 1 aliphatic rings. The summed E-state index contributed by atoms with van der Waals surface area (Å²) < 4.78 is 12.5. The summed E-state index contributed by atoms with van der Waals surface area (Å²) in [6.07, 6.45) is 4.29. The lowest BCUT2D eigenvalue weighted by molar-refractivity contribution is 0.605. The Labute approximate surface area is 77.8 Å². The third kappa shape index (κ3) is 2.28. The fourth-order valence-corrected chi connectivity index (χ4v) is 1.45. The van der Waals surface area contributed by atoms with Crippen molar-refractivity contribution >= 4 is 0 Å². The molecule has 1 nitrogen and oxygen atoms in total. The molecule has 2 heteroatoms. The highest BCUT2D eigenvalue weighted by Gasteiger charge is 2.37. The second-order valence-electron chi connectivity index (χ2n) is 3.99. The van der Waals surface area contributed by atoms with E-state index < -0.39 is 0 Å². The summed E-state index contributed by atoms with van der Waals surface area (Å²) in [5.41, 5.74) is 7.23.